The number of nitrogens with zero attached hydrogens (tertiary/aromatic N) is 3. The summed E-state index contributed by atoms with van der Waals surface area (Å²) in [5.74, 6) is -2.33. The molecule has 1 aromatic carbocycles. The van der Waals surface area contributed by atoms with Crippen molar-refractivity contribution in [3.05, 3.63) is 27.9 Å². The van der Waals surface area contributed by atoms with Gasteiger partial charge in [0.05, 0.1) is 30.3 Å². The van der Waals surface area contributed by atoms with E-state index >= 15 is 0 Å². The molecule has 0 radical (unpaired) electrons. The van der Waals surface area contributed by atoms with Gasteiger partial charge in [-0.05, 0) is 6.92 Å². The maximum Gasteiger partial charge on any atom is 0.361 e. The van der Waals surface area contributed by atoms with E-state index in [0.717, 1.165) is 12.1 Å². The van der Waals surface area contributed by atoms with Crippen LogP contribution >= 0.6 is 0 Å². The van der Waals surface area contributed by atoms with Crippen molar-refractivity contribution in [1.82, 2.24) is 15.4 Å². The zero-order valence-corrected chi connectivity index (χ0v) is 13.7. The number of methoxy groups -OCH3 is 1. The Morgan fingerprint density at radius 3 is 2.65 bits per heavy atom. The molecule has 0 saturated carbocycles. The highest BCUT2D eigenvalue weighted by atomic mass is 16.6. The van der Waals surface area contributed by atoms with E-state index in [4.69, 9.17) is 19.3 Å². The first-order valence-corrected chi connectivity index (χ1v) is 7.18. The minimum atomic E-state index is -1.28. The number of hydrogen-bond acceptors (Lipinski definition) is 9. The molecule has 1 aromatic heterocycles. The number of nitro groups is 1. The quantitative estimate of drug-likeness (QED) is 0.391. The highest BCUT2D eigenvalue weighted by Gasteiger charge is 2.27. The van der Waals surface area contributed by atoms with Crippen LogP contribution in [0, 0.1) is 10.1 Å². The van der Waals surface area contributed by atoms with Crippen LogP contribution in [-0.2, 0) is 9.53 Å². The lowest BCUT2D eigenvalue weighted by Gasteiger charge is -2.13. The van der Waals surface area contributed by atoms with E-state index in [1.807, 2.05) is 0 Å². The number of carboxylic acids is 1. The van der Waals surface area contributed by atoms with Crippen molar-refractivity contribution in [3.8, 4) is 22.8 Å². The molecule has 2 N–H and O–H groups in total. The van der Waals surface area contributed by atoms with Crippen LogP contribution in [0.25, 0.3) is 11.3 Å². The van der Waals surface area contributed by atoms with Crippen LogP contribution in [0.15, 0.2) is 12.1 Å². The molecule has 26 heavy (non-hydrogen) atoms. The Bertz CT molecular complexity index is 847. The number of esters is 1. The van der Waals surface area contributed by atoms with Gasteiger partial charge in [0.15, 0.2) is 23.8 Å². The van der Waals surface area contributed by atoms with Crippen LogP contribution in [0.4, 0.5) is 5.69 Å². The average molecular weight is 366 g/mol. The Kier molecular flexibility index (Phi) is 5.67. The first kappa shape index (κ1) is 18.6. The van der Waals surface area contributed by atoms with Gasteiger partial charge in [-0.3, -0.25) is 10.1 Å². The van der Waals surface area contributed by atoms with Gasteiger partial charge in [0.25, 0.3) is 5.69 Å². The Morgan fingerprint density at radius 1 is 1.35 bits per heavy atom. The van der Waals surface area contributed by atoms with E-state index < -0.39 is 23.5 Å². The summed E-state index contributed by atoms with van der Waals surface area (Å²) in [4.78, 5) is 33.3. The van der Waals surface area contributed by atoms with Gasteiger partial charge >= 0.3 is 11.9 Å². The third kappa shape index (κ3) is 3.85. The van der Waals surface area contributed by atoms with Gasteiger partial charge in [-0.2, -0.15) is 10.3 Å². The van der Waals surface area contributed by atoms with Crippen molar-refractivity contribution in [1.29, 1.82) is 0 Å². The molecule has 0 spiro atoms. The molecule has 0 aliphatic heterocycles. The molecule has 0 aliphatic carbocycles. The second-order valence-corrected chi connectivity index (χ2v) is 4.71. The molecule has 0 atom stereocenters. The molecule has 0 saturated heterocycles. The summed E-state index contributed by atoms with van der Waals surface area (Å²) in [5, 5.41) is 29.7. The van der Waals surface area contributed by atoms with Crippen LogP contribution < -0.4 is 9.47 Å². The summed E-state index contributed by atoms with van der Waals surface area (Å²) in [6.07, 6.45) is 0. The number of rotatable bonds is 8. The second-order valence-electron chi connectivity index (χ2n) is 4.71. The van der Waals surface area contributed by atoms with Crippen LogP contribution in [0.3, 0.4) is 0 Å². The largest absolute Gasteiger partial charge is 0.493 e. The van der Waals surface area contributed by atoms with Crippen molar-refractivity contribution < 1.29 is 33.8 Å². The molecule has 138 valence electrons. The maximum atomic E-state index is 12.0. The van der Waals surface area contributed by atoms with Crippen LogP contribution in [0.5, 0.6) is 11.5 Å². The minimum absolute atomic E-state index is 0.0471. The molecule has 2 aromatic rings. The number of aromatic amines is 1. The van der Waals surface area contributed by atoms with Crippen molar-refractivity contribution in [3.63, 3.8) is 0 Å². The fourth-order valence-corrected chi connectivity index (χ4v) is 2.06. The number of H-pyrrole nitrogens is 1. The number of nitro benzene ring substituents is 1. The Balaban J connectivity index is 2.67. The summed E-state index contributed by atoms with van der Waals surface area (Å²) in [6, 6.07) is 2.13. The number of non-ortho nitro benzene ring substituents is 1. The Hall–Kier alpha value is -3.70. The monoisotopic (exact) mass is 366 g/mol. The number of nitrogens with one attached hydrogen (secondary N) is 1. The molecule has 0 unspecified atom stereocenters. The number of aromatic nitrogens is 3. The maximum absolute atomic E-state index is 12.0. The van der Waals surface area contributed by atoms with Crippen molar-refractivity contribution in [2.24, 2.45) is 0 Å². The second kappa shape index (κ2) is 7.92. The SMILES string of the molecule is CCOC(=O)c1n[nH]nc1-c1cc([N+](=O)[O-])cc(OC)c1OCC(=O)O. The van der Waals surface area contributed by atoms with E-state index in [2.05, 4.69) is 15.4 Å². The predicted octanol–water partition coefficient (Wildman–Crippen LogP) is 1.03. The summed E-state index contributed by atoms with van der Waals surface area (Å²) in [5.41, 5.74) is -0.771. The number of ether oxygens (including phenoxy) is 3. The molecule has 0 aliphatic rings. The third-order valence-electron chi connectivity index (χ3n) is 3.08. The van der Waals surface area contributed by atoms with Crippen molar-refractivity contribution in [2.75, 3.05) is 20.3 Å². The lowest BCUT2D eigenvalue weighted by Crippen LogP contribution is -2.12. The van der Waals surface area contributed by atoms with Crippen molar-refractivity contribution in [2.45, 2.75) is 6.92 Å². The van der Waals surface area contributed by atoms with E-state index in [0.29, 0.717) is 0 Å². The molecular weight excluding hydrogens is 352 g/mol. The number of carboxylic acid groups (broad SMARTS) is 1. The van der Waals surface area contributed by atoms with Gasteiger partial charge < -0.3 is 19.3 Å². The van der Waals surface area contributed by atoms with E-state index in [-0.39, 0.29) is 40.7 Å². The fourth-order valence-electron chi connectivity index (χ4n) is 2.06. The Labute approximate surface area is 145 Å². The van der Waals surface area contributed by atoms with Crippen LogP contribution in [-0.4, -0.2) is 57.7 Å². The molecular formula is C14H14N4O8. The third-order valence-corrected chi connectivity index (χ3v) is 3.08. The van der Waals surface area contributed by atoms with Gasteiger partial charge in [-0.1, -0.05) is 0 Å². The number of carbonyl (C=O) groups excluding carboxylic acids is 1. The lowest BCUT2D eigenvalue weighted by molar-refractivity contribution is -0.384. The van der Waals surface area contributed by atoms with Gasteiger partial charge in [-0.15, -0.1) is 5.10 Å². The smallest absolute Gasteiger partial charge is 0.361 e. The Morgan fingerprint density at radius 2 is 2.08 bits per heavy atom. The van der Waals surface area contributed by atoms with Gasteiger partial charge in [0, 0.05) is 6.07 Å². The topological polar surface area (TPSA) is 167 Å². The highest BCUT2D eigenvalue weighted by molar-refractivity contribution is 5.95. The first-order valence-electron chi connectivity index (χ1n) is 7.18. The number of hydrogen-bond donors (Lipinski definition) is 2. The zero-order chi connectivity index (χ0) is 19.3. The van der Waals surface area contributed by atoms with Gasteiger partial charge in [-0.25, -0.2) is 9.59 Å². The summed E-state index contributed by atoms with van der Waals surface area (Å²) >= 11 is 0. The predicted molar refractivity (Wildman–Crippen MR) is 84.1 cm³/mol. The van der Waals surface area contributed by atoms with E-state index in [1.165, 1.54) is 7.11 Å². The number of benzene rings is 1. The normalized spacial score (nSPS) is 10.2. The van der Waals surface area contributed by atoms with E-state index in [1.54, 1.807) is 6.92 Å². The van der Waals surface area contributed by atoms with Crippen molar-refractivity contribution >= 4 is 17.6 Å². The minimum Gasteiger partial charge on any atom is -0.493 e. The first-order chi connectivity index (χ1) is 12.4. The molecule has 1 heterocycles. The number of carbonyl (C=O) groups is 2. The molecule has 0 amide bonds. The molecule has 12 nitrogen and oxygen atoms in total. The summed E-state index contributed by atoms with van der Waals surface area (Å²) in [7, 11) is 1.23. The van der Waals surface area contributed by atoms with E-state index in [9.17, 15) is 19.7 Å². The standard InChI is InChI=1S/C14H14N4O8/c1-3-25-14(21)12-11(15-17-16-12)8-4-7(18(22)23)5-9(24-2)13(8)26-6-10(19)20/h4-5H,3,6H2,1-2H3,(H,19,20)(H,15,16,17). The lowest BCUT2D eigenvalue weighted by atomic mass is 10.1. The average Bonchev–Trinajstić information content (AvgIpc) is 3.08. The zero-order valence-electron chi connectivity index (χ0n) is 13.7. The summed E-state index contributed by atoms with van der Waals surface area (Å²) < 4.78 is 15.1. The fraction of sp³-hybridized carbons (Fsp3) is 0.286. The summed E-state index contributed by atoms with van der Waals surface area (Å²) in [6.45, 7) is 0.926. The van der Waals surface area contributed by atoms with Gasteiger partial charge in [0.2, 0.25) is 0 Å². The molecule has 2 rings (SSSR count). The van der Waals surface area contributed by atoms with Crippen LogP contribution in [0.1, 0.15) is 17.4 Å². The van der Waals surface area contributed by atoms with Gasteiger partial charge in [0.1, 0.15) is 5.69 Å². The highest BCUT2D eigenvalue weighted by Crippen LogP contribution is 2.41. The molecule has 0 bridgehead atoms. The van der Waals surface area contributed by atoms with Crippen LogP contribution in [0.2, 0.25) is 0 Å². The molecule has 0 fully saturated rings. The number of aliphatic carboxylic acids is 1. The molecule has 12 heteroatoms.